The molecular weight excluding hydrogens is 602 g/mol. The molecule has 5 N–H and O–H groups in total. The zero-order valence-corrected chi connectivity index (χ0v) is 27.0. The van der Waals surface area contributed by atoms with Crippen molar-refractivity contribution in [1.82, 2.24) is 30.2 Å². The van der Waals surface area contributed by atoms with Crippen molar-refractivity contribution in [2.24, 2.45) is 23.5 Å². The number of hydrogen-bond acceptors (Lipinski definition) is 6. The van der Waals surface area contributed by atoms with E-state index >= 15 is 0 Å². The van der Waals surface area contributed by atoms with Crippen LogP contribution < -0.4 is 11.1 Å². The summed E-state index contributed by atoms with van der Waals surface area (Å²) in [4.78, 5) is 43.4. The molecule has 3 aromatic carbocycles. The van der Waals surface area contributed by atoms with Crippen molar-refractivity contribution < 1.29 is 14.3 Å². The lowest BCUT2D eigenvalue weighted by Gasteiger charge is -2.31. The van der Waals surface area contributed by atoms with E-state index in [1.54, 1.807) is 0 Å². The first-order valence-electron chi connectivity index (χ1n) is 17.1. The predicted octanol–water partition coefficient (Wildman–Crippen LogP) is 6.49. The van der Waals surface area contributed by atoms with Crippen LogP contribution in [0.25, 0.3) is 44.4 Å². The third kappa shape index (κ3) is 5.15. The monoisotopic (exact) mass is 641 g/mol. The second kappa shape index (κ2) is 11.1. The highest BCUT2D eigenvalue weighted by molar-refractivity contribution is 5.90. The van der Waals surface area contributed by atoms with E-state index in [4.69, 9.17) is 20.4 Å². The molecule has 2 saturated heterocycles. The molecule has 244 valence electrons. The van der Waals surface area contributed by atoms with Gasteiger partial charge in [-0.3, -0.25) is 4.79 Å². The number of amides is 2. The molecule has 2 aliphatic heterocycles. The fourth-order valence-electron chi connectivity index (χ4n) is 8.04. The van der Waals surface area contributed by atoms with E-state index in [-0.39, 0.29) is 23.9 Å². The molecular formula is C38H39N7O3. The second-order valence-electron chi connectivity index (χ2n) is 14.4. The second-order valence-corrected chi connectivity index (χ2v) is 14.4. The van der Waals surface area contributed by atoms with Crippen molar-refractivity contribution in [2.45, 2.75) is 69.8 Å². The summed E-state index contributed by atoms with van der Waals surface area (Å²) in [5.41, 5.74) is 11.7. The number of carbonyl (C=O) groups excluding carboxylic acids is 2. The Kier molecular flexibility index (Phi) is 6.72. The summed E-state index contributed by atoms with van der Waals surface area (Å²) in [5, 5.41) is 6.05. The molecule has 0 spiro atoms. The first kappa shape index (κ1) is 29.2. The fraction of sp³-hybridized carbons (Fsp3) is 0.368. The topological polar surface area (TPSA) is 142 Å². The number of nitrogens with two attached hydrogens (primary N) is 1. The minimum atomic E-state index is -0.932. The molecule has 4 heterocycles. The van der Waals surface area contributed by atoms with Crippen molar-refractivity contribution in [1.29, 1.82) is 0 Å². The number of rotatable bonds is 8. The van der Waals surface area contributed by atoms with E-state index in [2.05, 4.69) is 75.9 Å². The standard InChI is InChI=1S/C38H39N7O3/c1-19(2)34(48-38(39)47)37(46)45-32-15-27(32)16-33(45)36-41-17-30(44-36)21-5-3-20(4-6-21)22-7-8-24-12-25(10-9-23(24)11-22)31-18-40-35(43-31)29-14-26-13-28(26)42-29/h3-12,17-19,26-29,32-34,42H,13-16H2,1-2H3,(H2,39,47)(H,40,43)(H,41,44)/t26-,27-,28-,29+,32-,33+,34?/m1/s1. The van der Waals surface area contributed by atoms with Gasteiger partial charge in [-0.15, -0.1) is 0 Å². The summed E-state index contributed by atoms with van der Waals surface area (Å²) in [5.74, 6) is 2.69. The number of benzene rings is 3. The van der Waals surface area contributed by atoms with Gasteiger partial charge in [0.2, 0.25) is 0 Å². The SMILES string of the molecule is CC(C)C(OC(N)=O)C(=O)N1[C@@H]2C[C@@H]2C[C@H]1c1ncc(-c2ccc(-c3ccc4cc(-c5cnc([C@@H]6C[C@H]7C[C@H]7N6)[nH]5)ccc4c3)cc2)[nH]1. The van der Waals surface area contributed by atoms with Crippen LogP contribution in [0.5, 0.6) is 0 Å². The molecule has 0 bridgehead atoms. The predicted molar refractivity (Wildman–Crippen MR) is 182 cm³/mol. The molecule has 0 radical (unpaired) electrons. The van der Waals surface area contributed by atoms with Crippen LogP contribution in [-0.4, -0.2) is 55.0 Å². The van der Waals surface area contributed by atoms with Gasteiger partial charge in [0.25, 0.3) is 5.91 Å². The molecule has 48 heavy (non-hydrogen) atoms. The van der Waals surface area contributed by atoms with Gasteiger partial charge in [-0.1, -0.05) is 62.4 Å². The van der Waals surface area contributed by atoms with E-state index in [1.165, 1.54) is 23.6 Å². The molecule has 2 aliphatic carbocycles. The van der Waals surface area contributed by atoms with Crippen LogP contribution in [-0.2, 0) is 9.53 Å². The quantitative estimate of drug-likeness (QED) is 0.153. The van der Waals surface area contributed by atoms with Gasteiger partial charge < -0.3 is 30.7 Å². The average molecular weight is 642 g/mol. The Labute approximate surface area is 278 Å². The Hall–Kier alpha value is -4.96. The molecule has 7 atom stereocenters. The molecule has 2 amide bonds. The number of fused-ring (bicyclic) bond motifs is 3. The van der Waals surface area contributed by atoms with Crippen LogP contribution in [0.4, 0.5) is 4.79 Å². The van der Waals surface area contributed by atoms with E-state index in [9.17, 15) is 9.59 Å². The Bertz CT molecular complexity index is 2040. The normalized spacial score (nSPS) is 26.0. The third-order valence-electron chi connectivity index (χ3n) is 10.8. The maximum atomic E-state index is 13.6. The molecule has 4 fully saturated rings. The number of likely N-dealkylation sites (tertiary alicyclic amines) is 1. The summed E-state index contributed by atoms with van der Waals surface area (Å²) in [6, 6.07) is 22.6. The molecule has 1 unspecified atom stereocenters. The average Bonchev–Trinajstić information content (AvgIpc) is 3.65. The minimum absolute atomic E-state index is 0.157. The van der Waals surface area contributed by atoms with Crippen LogP contribution in [0.2, 0.25) is 0 Å². The maximum absolute atomic E-state index is 13.6. The van der Waals surface area contributed by atoms with Crippen LogP contribution in [0, 0.1) is 17.8 Å². The van der Waals surface area contributed by atoms with E-state index < -0.39 is 12.2 Å². The van der Waals surface area contributed by atoms with Gasteiger partial charge in [-0.05, 0) is 83.0 Å². The van der Waals surface area contributed by atoms with Gasteiger partial charge in [0.1, 0.15) is 11.6 Å². The van der Waals surface area contributed by atoms with Crippen LogP contribution in [0.3, 0.4) is 0 Å². The number of primary amides is 1. The summed E-state index contributed by atoms with van der Waals surface area (Å²) in [7, 11) is 0. The van der Waals surface area contributed by atoms with Gasteiger partial charge in [0.15, 0.2) is 6.10 Å². The molecule has 10 nitrogen and oxygen atoms in total. The fourth-order valence-corrected chi connectivity index (χ4v) is 8.04. The largest absolute Gasteiger partial charge is 0.436 e. The number of nitrogens with one attached hydrogen (secondary N) is 3. The van der Waals surface area contributed by atoms with Crippen molar-refractivity contribution in [2.75, 3.05) is 0 Å². The van der Waals surface area contributed by atoms with Crippen LogP contribution in [0.15, 0.2) is 73.1 Å². The molecule has 2 saturated carbocycles. The molecule has 5 aromatic rings. The van der Waals surface area contributed by atoms with Crippen molar-refractivity contribution in [3.8, 4) is 33.6 Å². The Morgan fingerprint density at radius 2 is 1.44 bits per heavy atom. The molecule has 2 aromatic heterocycles. The number of aromatic amines is 2. The lowest BCUT2D eigenvalue weighted by atomic mass is 9.98. The lowest BCUT2D eigenvalue weighted by molar-refractivity contribution is -0.144. The summed E-state index contributed by atoms with van der Waals surface area (Å²) < 4.78 is 5.24. The van der Waals surface area contributed by atoms with Gasteiger partial charge in [-0.2, -0.15) is 0 Å². The zero-order valence-electron chi connectivity index (χ0n) is 27.0. The smallest absolute Gasteiger partial charge is 0.405 e. The summed E-state index contributed by atoms with van der Waals surface area (Å²) in [6.07, 6.45) is 6.26. The first-order chi connectivity index (χ1) is 23.3. The highest BCUT2D eigenvalue weighted by Crippen LogP contribution is 2.53. The summed E-state index contributed by atoms with van der Waals surface area (Å²) >= 11 is 0. The van der Waals surface area contributed by atoms with E-state index in [1.807, 2.05) is 31.1 Å². The molecule has 9 rings (SSSR count). The highest BCUT2D eigenvalue weighted by atomic mass is 16.6. The molecule has 10 heteroatoms. The number of aromatic nitrogens is 4. The van der Waals surface area contributed by atoms with Crippen molar-refractivity contribution in [3.05, 3.63) is 84.7 Å². The lowest BCUT2D eigenvalue weighted by Crippen LogP contribution is -2.46. The Morgan fingerprint density at radius 1 is 0.792 bits per heavy atom. The Balaban J connectivity index is 0.904. The van der Waals surface area contributed by atoms with Crippen molar-refractivity contribution >= 4 is 22.8 Å². The van der Waals surface area contributed by atoms with Crippen LogP contribution >= 0.6 is 0 Å². The number of H-pyrrole nitrogens is 2. The van der Waals surface area contributed by atoms with Gasteiger partial charge in [0.05, 0.1) is 35.9 Å². The summed E-state index contributed by atoms with van der Waals surface area (Å²) in [6.45, 7) is 3.72. The number of carbonyl (C=O) groups is 2. The maximum Gasteiger partial charge on any atom is 0.405 e. The molecule has 4 aliphatic rings. The minimum Gasteiger partial charge on any atom is -0.436 e. The van der Waals surface area contributed by atoms with E-state index in [0.717, 1.165) is 64.1 Å². The first-order valence-corrected chi connectivity index (χ1v) is 17.1. The number of hydrogen-bond donors (Lipinski definition) is 4. The van der Waals surface area contributed by atoms with Gasteiger partial charge >= 0.3 is 6.09 Å². The number of nitrogens with zero attached hydrogens (tertiary/aromatic N) is 3. The third-order valence-corrected chi connectivity index (χ3v) is 10.8. The van der Waals surface area contributed by atoms with Gasteiger partial charge in [0, 0.05) is 17.6 Å². The Morgan fingerprint density at radius 3 is 2.15 bits per heavy atom. The van der Waals surface area contributed by atoms with Crippen LogP contribution in [0.1, 0.15) is 63.3 Å². The van der Waals surface area contributed by atoms with E-state index in [0.29, 0.717) is 18.0 Å². The number of piperidine rings is 2. The van der Waals surface area contributed by atoms with Gasteiger partial charge in [-0.25, -0.2) is 14.8 Å². The number of imidazole rings is 2. The number of ether oxygens (including phenoxy) is 1. The zero-order chi connectivity index (χ0) is 32.7. The van der Waals surface area contributed by atoms with Crippen molar-refractivity contribution in [3.63, 3.8) is 0 Å². The highest BCUT2D eigenvalue weighted by Gasteiger charge is 2.56.